The minimum absolute atomic E-state index is 0.0854. The fraction of sp³-hybridized carbons (Fsp3) is 0.846. The number of hydrogen-bond donors (Lipinski definition) is 0. The molecule has 0 N–H and O–H groups in total. The Labute approximate surface area is 110 Å². The van der Waals surface area contributed by atoms with Gasteiger partial charge < -0.3 is 14.2 Å². The third-order valence-electron chi connectivity index (χ3n) is 1.99. The van der Waals surface area contributed by atoms with E-state index in [1.165, 1.54) is 7.11 Å². The van der Waals surface area contributed by atoms with E-state index in [2.05, 4.69) is 4.74 Å². The maximum Gasteiger partial charge on any atom is 0.313 e. The average molecular weight is 262 g/mol. The van der Waals surface area contributed by atoms with Gasteiger partial charge >= 0.3 is 5.97 Å². The Morgan fingerprint density at radius 2 is 1.56 bits per heavy atom. The van der Waals surface area contributed by atoms with Crippen molar-refractivity contribution in [2.45, 2.75) is 53.2 Å². The number of carbonyl (C=O) groups excluding carboxylic acids is 2. The highest BCUT2D eigenvalue weighted by molar-refractivity contribution is 5.95. The fourth-order valence-electron chi connectivity index (χ4n) is 1.31. The predicted molar refractivity (Wildman–Crippen MR) is 69.3 cm³/mol. The Kier molecular flexibility index (Phi) is 12.0. The van der Waals surface area contributed by atoms with Gasteiger partial charge in [0.1, 0.15) is 12.2 Å². The van der Waals surface area contributed by atoms with Crippen molar-refractivity contribution in [3.8, 4) is 0 Å². The summed E-state index contributed by atoms with van der Waals surface area (Å²) in [6.07, 6.45) is -0.138. The van der Waals surface area contributed by atoms with E-state index in [4.69, 9.17) is 9.47 Å². The van der Waals surface area contributed by atoms with Crippen LogP contribution in [0.5, 0.6) is 0 Å². The van der Waals surface area contributed by atoms with Crippen molar-refractivity contribution < 1.29 is 23.8 Å². The molecule has 0 atom stereocenters. The van der Waals surface area contributed by atoms with Crippen molar-refractivity contribution in [3.63, 3.8) is 0 Å². The lowest BCUT2D eigenvalue weighted by atomic mass is 10.1. The Morgan fingerprint density at radius 1 is 1.11 bits per heavy atom. The van der Waals surface area contributed by atoms with Crippen LogP contribution in [0.2, 0.25) is 0 Å². The van der Waals surface area contributed by atoms with E-state index in [9.17, 15) is 9.59 Å². The van der Waals surface area contributed by atoms with Gasteiger partial charge in [-0.15, -0.1) is 0 Å². The second-order valence-electron chi connectivity index (χ2n) is 3.30. The lowest BCUT2D eigenvalue weighted by molar-refractivity contribution is -0.160. The summed E-state index contributed by atoms with van der Waals surface area (Å²) in [5, 5.41) is 0. The first kappa shape index (κ1) is 19.4. The minimum atomic E-state index is -0.856. The smallest absolute Gasteiger partial charge is 0.313 e. The first-order valence-corrected chi connectivity index (χ1v) is 6.42. The van der Waals surface area contributed by atoms with Crippen molar-refractivity contribution in [1.82, 2.24) is 0 Å². The Morgan fingerprint density at radius 3 is 1.94 bits per heavy atom. The molecule has 0 aromatic rings. The maximum absolute atomic E-state index is 11.3. The first-order chi connectivity index (χ1) is 8.56. The average Bonchev–Trinajstić information content (AvgIpc) is 2.80. The normalized spacial score (nSPS) is 15.7. The SMILES string of the molecule is CC.CC.COC(=O)CC(=O)CC1(C)OCCO1. The van der Waals surface area contributed by atoms with Gasteiger partial charge in [0.2, 0.25) is 0 Å². The predicted octanol–water partition coefficient (Wildman–Crippen LogP) is 2.32. The molecule has 0 aliphatic carbocycles. The number of ketones is 1. The summed E-state index contributed by atoms with van der Waals surface area (Å²) in [7, 11) is 1.25. The van der Waals surface area contributed by atoms with Crippen LogP contribution in [0.3, 0.4) is 0 Å². The van der Waals surface area contributed by atoms with Gasteiger partial charge in [-0.05, 0) is 6.92 Å². The molecule has 1 aliphatic rings. The molecular weight excluding hydrogens is 236 g/mol. The largest absolute Gasteiger partial charge is 0.469 e. The summed E-state index contributed by atoms with van der Waals surface area (Å²) in [4.78, 5) is 22.1. The van der Waals surface area contributed by atoms with E-state index in [-0.39, 0.29) is 18.6 Å². The van der Waals surface area contributed by atoms with E-state index in [1.807, 2.05) is 27.7 Å². The van der Waals surface area contributed by atoms with Gasteiger partial charge in [-0.2, -0.15) is 0 Å². The first-order valence-electron chi connectivity index (χ1n) is 6.42. The molecule has 18 heavy (non-hydrogen) atoms. The lowest BCUT2D eigenvalue weighted by Gasteiger charge is -2.20. The van der Waals surface area contributed by atoms with Crippen molar-refractivity contribution in [3.05, 3.63) is 0 Å². The summed E-state index contributed by atoms with van der Waals surface area (Å²) < 4.78 is 14.8. The second-order valence-corrected chi connectivity index (χ2v) is 3.30. The molecule has 1 heterocycles. The standard InChI is InChI=1S/C9H14O5.2C2H6/c1-9(13-3-4-14-9)6-7(10)5-8(11)12-2;2*1-2/h3-6H2,1-2H3;2*1-2H3. The molecule has 0 amide bonds. The summed E-state index contributed by atoms with van der Waals surface area (Å²) >= 11 is 0. The molecule has 1 saturated heterocycles. The van der Waals surface area contributed by atoms with Crippen molar-refractivity contribution in [2.75, 3.05) is 20.3 Å². The fourth-order valence-corrected chi connectivity index (χ4v) is 1.31. The highest BCUT2D eigenvalue weighted by atomic mass is 16.7. The van der Waals surface area contributed by atoms with Crippen molar-refractivity contribution in [1.29, 1.82) is 0 Å². The molecule has 0 aromatic carbocycles. The quantitative estimate of drug-likeness (QED) is 0.574. The Balaban J connectivity index is 0. The number of carbonyl (C=O) groups is 2. The molecule has 5 nitrogen and oxygen atoms in total. The number of esters is 1. The molecule has 108 valence electrons. The molecule has 1 rings (SSSR count). The van der Waals surface area contributed by atoms with E-state index in [0.29, 0.717) is 13.2 Å². The van der Waals surface area contributed by atoms with Crippen molar-refractivity contribution >= 4 is 11.8 Å². The molecule has 5 heteroatoms. The highest BCUT2D eigenvalue weighted by Crippen LogP contribution is 2.23. The van der Waals surface area contributed by atoms with E-state index >= 15 is 0 Å². The number of rotatable bonds is 4. The molecule has 0 radical (unpaired) electrons. The second kappa shape index (κ2) is 11.2. The molecule has 0 saturated carbocycles. The summed E-state index contributed by atoms with van der Waals surface area (Å²) in [5.74, 6) is -1.62. The van der Waals surface area contributed by atoms with E-state index in [1.54, 1.807) is 6.92 Å². The zero-order valence-electron chi connectivity index (χ0n) is 12.4. The molecule has 1 aliphatic heterocycles. The van der Waals surface area contributed by atoms with Gasteiger partial charge in [-0.25, -0.2) is 0 Å². The third-order valence-corrected chi connectivity index (χ3v) is 1.99. The number of hydrogen-bond acceptors (Lipinski definition) is 5. The van der Waals surface area contributed by atoms with Crippen LogP contribution in [-0.2, 0) is 23.8 Å². The van der Waals surface area contributed by atoms with Gasteiger partial charge in [-0.3, -0.25) is 9.59 Å². The highest BCUT2D eigenvalue weighted by Gasteiger charge is 2.33. The van der Waals surface area contributed by atoms with Crippen LogP contribution >= 0.6 is 0 Å². The molecule has 0 spiro atoms. The van der Waals surface area contributed by atoms with Crippen LogP contribution in [0.15, 0.2) is 0 Å². The molecule has 0 bridgehead atoms. The molecule has 0 aromatic heterocycles. The monoisotopic (exact) mass is 262 g/mol. The Bertz CT molecular complexity index is 232. The number of Topliss-reactive ketones (excluding diaryl/α,β-unsaturated/α-hetero) is 1. The number of ether oxygens (including phenoxy) is 3. The molecule has 1 fully saturated rings. The van der Waals surface area contributed by atoms with Crippen LogP contribution in [0.1, 0.15) is 47.5 Å². The van der Waals surface area contributed by atoms with Gasteiger partial charge in [-0.1, -0.05) is 27.7 Å². The summed E-state index contributed by atoms with van der Waals surface area (Å²) in [6.45, 7) is 10.7. The van der Waals surface area contributed by atoms with Crippen LogP contribution in [0.4, 0.5) is 0 Å². The summed E-state index contributed by atoms with van der Waals surface area (Å²) in [5.41, 5.74) is 0. The van der Waals surface area contributed by atoms with Gasteiger partial charge in [0, 0.05) is 0 Å². The maximum atomic E-state index is 11.3. The Hall–Kier alpha value is -0.940. The molecule has 0 unspecified atom stereocenters. The minimum Gasteiger partial charge on any atom is -0.469 e. The van der Waals surface area contributed by atoms with Gasteiger partial charge in [0.05, 0.1) is 26.7 Å². The van der Waals surface area contributed by atoms with Crippen molar-refractivity contribution in [2.24, 2.45) is 0 Å². The lowest BCUT2D eigenvalue weighted by Crippen LogP contribution is -2.30. The van der Waals surface area contributed by atoms with Crippen LogP contribution in [0, 0.1) is 0 Å². The summed E-state index contributed by atoms with van der Waals surface area (Å²) in [6, 6.07) is 0. The van der Waals surface area contributed by atoms with E-state index in [0.717, 1.165) is 0 Å². The van der Waals surface area contributed by atoms with Gasteiger partial charge in [0.25, 0.3) is 0 Å². The topological polar surface area (TPSA) is 61.8 Å². The van der Waals surface area contributed by atoms with Gasteiger partial charge in [0.15, 0.2) is 5.79 Å². The van der Waals surface area contributed by atoms with Crippen LogP contribution < -0.4 is 0 Å². The van der Waals surface area contributed by atoms with Crippen LogP contribution in [0.25, 0.3) is 0 Å². The van der Waals surface area contributed by atoms with Crippen LogP contribution in [-0.4, -0.2) is 37.9 Å². The van der Waals surface area contributed by atoms with E-state index < -0.39 is 11.8 Å². The number of methoxy groups -OCH3 is 1. The zero-order chi connectivity index (χ0) is 14.6. The molecular formula is C13H26O5. The third kappa shape index (κ3) is 8.20. The zero-order valence-corrected chi connectivity index (χ0v) is 12.4.